The highest BCUT2D eigenvalue weighted by molar-refractivity contribution is 6.30. The summed E-state index contributed by atoms with van der Waals surface area (Å²) in [5.74, 6) is 0.719. The smallest absolute Gasteiger partial charge is 0.257 e. The van der Waals surface area contributed by atoms with Crippen molar-refractivity contribution in [2.24, 2.45) is 0 Å². The summed E-state index contributed by atoms with van der Waals surface area (Å²) in [6.45, 7) is 5.34. The Hall–Kier alpha value is -2.28. The molecule has 1 aliphatic rings. The number of anilines is 2. The Morgan fingerprint density at radius 2 is 2.07 bits per heavy atom. The molecule has 154 valence electrons. The quantitative estimate of drug-likeness (QED) is 0.629. The van der Waals surface area contributed by atoms with E-state index in [1.54, 1.807) is 6.20 Å². The lowest BCUT2D eigenvalue weighted by atomic mass is 10.1. The Kier molecular flexibility index (Phi) is 7.00. The van der Waals surface area contributed by atoms with Crippen molar-refractivity contribution in [2.75, 3.05) is 31.6 Å². The standard InChI is InChI=1S/C21H23ClN4O2.ClH/c1-2-7-25-8-6-17-19(25)18(21(27)26-9-11-28-12-10-26)14-23-20(17)24-16-5-3-4-15(22)13-16;/h3-6,8,13-14H,2,7,9-12H2,1H3,(H,23,24);1H. The molecule has 1 saturated heterocycles. The maximum atomic E-state index is 13.2. The first-order valence-corrected chi connectivity index (χ1v) is 9.92. The van der Waals surface area contributed by atoms with Crippen molar-refractivity contribution < 1.29 is 9.53 Å². The van der Waals surface area contributed by atoms with Gasteiger partial charge in [-0.3, -0.25) is 4.79 Å². The fourth-order valence-electron chi connectivity index (χ4n) is 3.55. The molecule has 1 aliphatic heterocycles. The van der Waals surface area contributed by atoms with E-state index < -0.39 is 0 Å². The van der Waals surface area contributed by atoms with Crippen LogP contribution >= 0.6 is 24.0 Å². The second-order valence-corrected chi connectivity index (χ2v) is 7.27. The minimum atomic E-state index is 0. The van der Waals surface area contributed by atoms with Gasteiger partial charge in [-0.15, -0.1) is 12.4 Å². The number of hydrogen-bond acceptors (Lipinski definition) is 4. The lowest BCUT2D eigenvalue weighted by Gasteiger charge is -2.27. The normalized spacial score (nSPS) is 13.9. The lowest BCUT2D eigenvalue weighted by Crippen LogP contribution is -2.40. The zero-order chi connectivity index (χ0) is 19.5. The van der Waals surface area contributed by atoms with E-state index in [-0.39, 0.29) is 18.3 Å². The largest absolute Gasteiger partial charge is 0.378 e. The summed E-state index contributed by atoms with van der Waals surface area (Å²) in [5.41, 5.74) is 2.40. The maximum absolute atomic E-state index is 13.2. The fraction of sp³-hybridized carbons (Fsp3) is 0.333. The van der Waals surface area contributed by atoms with Gasteiger partial charge in [0.15, 0.2) is 0 Å². The van der Waals surface area contributed by atoms with E-state index in [0.717, 1.165) is 29.6 Å². The zero-order valence-electron chi connectivity index (χ0n) is 16.2. The van der Waals surface area contributed by atoms with Gasteiger partial charge in [-0.2, -0.15) is 0 Å². The van der Waals surface area contributed by atoms with Crippen LogP contribution in [0.25, 0.3) is 10.9 Å². The van der Waals surface area contributed by atoms with E-state index in [9.17, 15) is 4.79 Å². The molecule has 3 aromatic rings. The second kappa shape index (κ2) is 9.48. The second-order valence-electron chi connectivity index (χ2n) is 6.83. The van der Waals surface area contributed by atoms with Gasteiger partial charge in [0.25, 0.3) is 5.91 Å². The molecule has 0 atom stereocenters. The average molecular weight is 435 g/mol. The average Bonchev–Trinajstić information content (AvgIpc) is 3.13. The van der Waals surface area contributed by atoms with Gasteiger partial charge in [-0.25, -0.2) is 4.98 Å². The number of pyridine rings is 1. The Morgan fingerprint density at radius 3 is 2.79 bits per heavy atom. The first-order chi connectivity index (χ1) is 13.7. The monoisotopic (exact) mass is 434 g/mol. The molecule has 29 heavy (non-hydrogen) atoms. The van der Waals surface area contributed by atoms with Crippen LogP contribution in [0.4, 0.5) is 11.5 Å². The third-order valence-electron chi connectivity index (χ3n) is 4.88. The van der Waals surface area contributed by atoms with Gasteiger partial charge in [-0.05, 0) is 30.7 Å². The minimum absolute atomic E-state index is 0. The van der Waals surface area contributed by atoms with Crippen molar-refractivity contribution in [3.63, 3.8) is 0 Å². The number of nitrogens with one attached hydrogen (secondary N) is 1. The first-order valence-electron chi connectivity index (χ1n) is 9.55. The highest BCUT2D eigenvalue weighted by Crippen LogP contribution is 2.30. The van der Waals surface area contributed by atoms with Gasteiger partial charge in [0.1, 0.15) is 5.82 Å². The topological polar surface area (TPSA) is 59.4 Å². The fourth-order valence-corrected chi connectivity index (χ4v) is 3.74. The summed E-state index contributed by atoms with van der Waals surface area (Å²) in [4.78, 5) is 19.6. The van der Waals surface area contributed by atoms with Crippen LogP contribution in [-0.2, 0) is 11.3 Å². The van der Waals surface area contributed by atoms with Crippen LogP contribution in [0, 0.1) is 0 Å². The molecule has 8 heteroatoms. The molecule has 0 bridgehead atoms. The molecule has 6 nitrogen and oxygen atoms in total. The maximum Gasteiger partial charge on any atom is 0.257 e. The highest BCUT2D eigenvalue weighted by Gasteiger charge is 2.23. The molecule has 0 saturated carbocycles. The molecule has 1 amide bonds. The van der Waals surface area contributed by atoms with E-state index >= 15 is 0 Å². The SMILES string of the molecule is CCCn1ccc2c(Nc3cccc(Cl)c3)ncc(C(=O)N3CCOCC3)c21.Cl. The number of ether oxygens (including phenoxy) is 1. The molecule has 4 rings (SSSR count). The Bertz CT molecular complexity index is 1000. The highest BCUT2D eigenvalue weighted by atomic mass is 35.5. The number of aryl methyl sites for hydroxylation is 1. The molecule has 1 aromatic carbocycles. The molecule has 2 aromatic heterocycles. The first kappa shape index (κ1) is 21.4. The van der Waals surface area contributed by atoms with E-state index in [2.05, 4.69) is 21.8 Å². The van der Waals surface area contributed by atoms with Gasteiger partial charge in [-0.1, -0.05) is 24.6 Å². The Morgan fingerprint density at radius 1 is 1.28 bits per heavy atom. The summed E-state index contributed by atoms with van der Waals surface area (Å²) in [6, 6.07) is 9.53. The van der Waals surface area contributed by atoms with Crippen LogP contribution in [-0.4, -0.2) is 46.7 Å². The van der Waals surface area contributed by atoms with Crippen LogP contribution < -0.4 is 5.32 Å². The van der Waals surface area contributed by atoms with Gasteiger partial charge in [0.2, 0.25) is 0 Å². The summed E-state index contributed by atoms with van der Waals surface area (Å²) in [6.07, 6.45) is 4.68. The van der Waals surface area contributed by atoms with Crippen molar-refractivity contribution in [2.45, 2.75) is 19.9 Å². The van der Waals surface area contributed by atoms with E-state index in [1.807, 2.05) is 41.4 Å². The number of morpholine rings is 1. The molecule has 3 heterocycles. The van der Waals surface area contributed by atoms with Crippen LogP contribution in [0.3, 0.4) is 0 Å². The number of amides is 1. The Balaban J connectivity index is 0.00000240. The van der Waals surface area contributed by atoms with E-state index in [1.165, 1.54) is 0 Å². The molecule has 1 N–H and O–H groups in total. The predicted octanol–water partition coefficient (Wildman–Crippen LogP) is 4.74. The predicted molar refractivity (Wildman–Crippen MR) is 119 cm³/mol. The van der Waals surface area contributed by atoms with Crippen molar-refractivity contribution in [1.82, 2.24) is 14.5 Å². The van der Waals surface area contributed by atoms with Gasteiger partial charge in [0, 0.05) is 48.1 Å². The van der Waals surface area contributed by atoms with Crippen molar-refractivity contribution >= 4 is 52.3 Å². The molecule has 0 spiro atoms. The molecular formula is C21H24Cl2N4O2. The number of aromatic nitrogens is 2. The van der Waals surface area contributed by atoms with Gasteiger partial charge in [0.05, 0.1) is 24.3 Å². The van der Waals surface area contributed by atoms with E-state index in [0.29, 0.717) is 42.7 Å². The number of benzene rings is 1. The number of halogens is 2. The molecular weight excluding hydrogens is 411 g/mol. The summed E-state index contributed by atoms with van der Waals surface area (Å²) in [7, 11) is 0. The number of fused-ring (bicyclic) bond motifs is 1. The summed E-state index contributed by atoms with van der Waals surface area (Å²) in [5, 5.41) is 4.92. The number of carbonyl (C=O) groups is 1. The molecule has 0 radical (unpaired) electrons. The van der Waals surface area contributed by atoms with Gasteiger partial charge >= 0.3 is 0 Å². The number of hydrogen-bond donors (Lipinski definition) is 1. The van der Waals surface area contributed by atoms with Crippen LogP contribution in [0.2, 0.25) is 5.02 Å². The van der Waals surface area contributed by atoms with Crippen molar-refractivity contribution in [3.05, 3.63) is 53.3 Å². The molecule has 0 unspecified atom stereocenters. The van der Waals surface area contributed by atoms with Crippen molar-refractivity contribution in [1.29, 1.82) is 0 Å². The summed E-state index contributed by atoms with van der Waals surface area (Å²) >= 11 is 6.10. The van der Waals surface area contributed by atoms with Gasteiger partial charge < -0.3 is 19.5 Å². The molecule has 0 aliphatic carbocycles. The lowest BCUT2D eigenvalue weighted by molar-refractivity contribution is 0.0303. The third kappa shape index (κ3) is 4.50. The van der Waals surface area contributed by atoms with E-state index in [4.69, 9.17) is 16.3 Å². The molecule has 1 fully saturated rings. The van der Waals surface area contributed by atoms with Crippen LogP contribution in [0.5, 0.6) is 0 Å². The third-order valence-corrected chi connectivity index (χ3v) is 5.11. The number of rotatable bonds is 5. The Labute approximate surface area is 181 Å². The number of carbonyl (C=O) groups excluding carboxylic acids is 1. The summed E-state index contributed by atoms with van der Waals surface area (Å²) < 4.78 is 7.51. The number of nitrogens with zero attached hydrogens (tertiary/aromatic N) is 3. The van der Waals surface area contributed by atoms with Crippen LogP contribution in [0.15, 0.2) is 42.7 Å². The zero-order valence-corrected chi connectivity index (χ0v) is 17.8. The van der Waals surface area contributed by atoms with Crippen molar-refractivity contribution in [3.8, 4) is 0 Å². The minimum Gasteiger partial charge on any atom is -0.378 e. The van der Waals surface area contributed by atoms with Crippen LogP contribution in [0.1, 0.15) is 23.7 Å².